The van der Waals surface area contributed by atoms with Crippen molar-refractivity contribution in [2.24, 2.45) is 0 Å². The Balaban J connectivity index is 2.84. The predicted molar refractivity (Wildman–Crippen MR) is 63.5 cm³/mol. The summed E-state index contributed by atoms with van der Waals surface area (Å²) in [6.07, 6.45) is 0.558. The van der Waals surface area contributed by atoms with Crippen molar-refractivity contribution in [3.05, 3.63) is 15.9 Å². The third-order valence-corrected chi connectivity index (χ3v) is 5.48. The van der Waals surface area contributed by atoms with Gasteiger partial charge < -0.3 is 5.11 Å². The maximum atomic E-state index is 11.7. The highest BCUT2D eigenvalue weighted by Crippen LogP contribution is 2.25. The predicted octanol–water partition coefficient (Wildman–Crippen LogP) is 1.56. The fourth-order valence-corrected chi connectivity index (χ4v) is 4.31. The van der Waals surface area contributed by atoms with Crippen molar-refractivity contribution >= 4 is 37.3 Å². The van der Waals surface area contributed by atoms with Gasteiger partial charge in [0.2, 0.25) is 10.0 Å². The molecule has 2 N–H and O–H groups in total. The molecule has 1 aromatic heterocycles. The van der Waals surface area contributed by atoms with Gasteiger partial charge in [0, 0.05) is 6.04 Å². The minimum absolute atomic E-state index is 0.192. The molecule has 0 saturated carbocycles. The third kappa shape index (κ3) is 3.53. The Morgan fingerprint density at radius 2 is 2.27 bits per heavy atom. The maximum absolute atomic E-state index is 11.7. The van der Waals surface area contributed by atoms with E-state index in [2.05, 4.69) is 20.7 Å². The van der Waals surface area contributed by atoms with E-state index in [0.717, 1.165) is 15.1 Å². The van der Waals surface area contributed by atoms with Crippen molar-refractivity contribution in [2.45, 2.75) is 23.6 Å². The van der Waals surface area contributed by atoms with E-state index in [1.807, 2.05) is 6.92 Å². The average molecular weight is 314 g/mol. The summed E-state index contributed by atoms with van der Waals surface area (Å²) in [4.78, 5) is 0. The molecule has 0 aliphatic heterocycles. The van der Waals surface area contributed by atoms with Gasteiger partial charge in [0.15, 0.2) is 0 Å². The molecule has 0 bridgehead atoms. The number of aliphatic hydroxyl groups excluding tert-OH is 1. The first-order valence-electron chi connectivity index (χ1n) is 4.38. The Bertz CT molecular complexity index is 411. The van der Waals surface area contributed by atoms with E-state index in [9.17, 15) is 8.42 Å². The summed E-state index contributed by atoms with van der Waals surface area (Å²) in [5.41, 5.74) is 0. The quantitative estimate of drug-likeness (QED) is 0.867. The minimum atomic E-state index is -3.48. The second kappa shape index (κ2) is 5.40. The normalized spacial score (nSPS) is 14.1. The molecule has 0 aliphatic carbocycles. The van der Waals surface area contributed by atoms with Crippen molar-refractivity contribution in [3.63, 3.8) is 0 Å². The summed E-state index contributed by atoms with van der Waals surface area (Å²) in [5, 5.41) is 8.91. The van der Waals surface area contributed by atoms with Gasteiger partial charge in [-0.05, 0) is 34.5 Å². The van der Waals surface area contributed by atoms with E-state index >= 15 is 0 Å². The number of hydrogen-bond acceptors (Lipinski definition) is 4. The van der Waals surface area contributed by atoms with Crippen LogP contribution in [0.4, 0.5) is 0 Å². The molecule has 0 aromatic carbocycles. The van der Waals surface area contributed by atoms with E-state index in [1.54, 1.807) is 6.07 Å². The van der Waals surface area contributed by atoms with Crippen LogP contribution in [0.3, 0.4) is 0 Å². The first-order valence-corrected chi connectivity index (χ1v) is 7.47. The molecule has 1 unspecified atom stereocenters. The second-order valence-corrected chi connectivity index (χ2v) is 7.37. The molecule has 1 atom stereocenters. The van der Waals surface area contributed by atoms with Gasteiger partial charge in [0.25, 0.3) is 0 Å². The molecule has 0 aliphatic rings. The van der Waals surface area contributed by atoms with Crippen LogP contribution in [0, 0.1) is 0 Å². The first kappa shape index (κ1) is 13.1. The summed E-state index contributed by atoms with van der Waals surface area (Å²) >= 11 is 4.34. The summed E-state index contributed by atoms with van der Waals surface area (Å²) in [7, 11) is -3.48. The van der Waals surface area contributed by atoms with E-state index in [-0.39, 0.29) is 10.8 Å². The molecule has 0 fully saturated rings. The van der Waals surface area contributed by atoms with Gasteiger partial charge in [-0.2, -0.15) is 0 Å². The van der Waals surface area contributed by atoms with Gasteiger partial charge in [-0.25, -0.2) is 13.1 Å². The number of thiophene rings is 1. The molecule has 7 heteroatoms. The van der Waals surface area contributed by atoms with Crippen molar-refractivity contribution in [1.29, 1.82) is 0 Å². The van der Waals surface area contributed by atoms with Crippen molar-refractivity contribution < 1.29 is 13.5 Å². The highest BCUT2D eigenvalue weighted by Gasteiger charge is 2.19. The van der Waals surface area contributed by atoms with E-state index in [1.165, 1.54) is 6.07 Å². The standard InChI is InChI=1S/C8H12BrNO3S2/c1-2-6(5-11)10-15(12,13)8-4-3-7(9)14-8/h3-4,6,10-11H,2,5H2,1H3. The largest absolute Gasteiger partial charge is 0.395 e. The second-order valence-electron chi connectivity index (χ2n) is 2.97. The van der Waals surface area contributed by atoms with Crippen LogP contribution < -0.4 is 4.72 Å². The summed E-state index contributed by atoms with van der Waals surface area (Å²) in [5.74, 6) is 0. The zero-order chi connectivity index (χ0) is 11.5. The van der Waals surface area contributed by atoms with Gasteiger partial charge >= 0.3 is 0 Å². The molecule has 15 heavy (non-hydrogen) atoms. The van der Waals surface area contributed by atoms with Crippen LogP contribution in [-0.4, -0.2) is 26.2 Å². The molecule has 0 spiro atoms. The number of halogens is 1. The highest BCUT2D eigenvalue weighted by atomic mass is 79.9. The lowest BCUT2D eigenvalue weighted by Crippen LogP contribution is -2.36. The van der Waals surface area contributed by atoms with Crippen LogP contribution >= 0.6 is 27.3 Å². The molecule has 1 rings (SSSR count). The Morgan fingerprint density at radius 3 is 2.67 bits per heavy atom. The maximum Gasteiger partial charge on any atom is 0.250 e. The lowest BCUT2D eigenvalue weighted by Gasteiger charge is -2.12. The zero-order valence-electron chi connectivity index (χ0n) is 8.10. The smallest absolute Gasteiger partial charge is 0.250 e. The monoisotopic (exact) mass is 313 g/mol. The van der Waals surface area contributed by atoms with Crippen LogP contribution in [0.5, 0.6) is 0 Å². The molecule has 0 amide bonds. The summed E-state index contributed by atoms with van der Waals surface area (Å²) < 4.78 is 26.9. The van der Waals surface area contributed by atoms with Gasteiger partial charge in [0.05, 0.1) is 10.4 Å². The molecule has 86 valence electrons. The van der Waals surface area contributed by atoms with Gasteiger partial charge in [0.1, 0.15) is 4.21 Å². The first-order chi connectivity index (χ1) is 6.99. The average Bonchev–Trinajstić information content (AvgIpc) is 2.62. The Hall–Kier alpha value is 0.0500. The van der Waals surface area contributed by atoms with Gasteiger partial charge in [-0.1, -0.05) is 6.92 Å². The lowest BCUT2D eigenvalue weighted by molar-refractivity contribution is 0.254. The molecular weight excluding hydrogens is 302 g/mol. The number of sulfonamides is 1. The Morgan fingerprint density at radius 1 is 1.60 bits per heavy atom. The molecule has 0 saturated heterocycles. The van der Waals surface area contributed by atoms with Crippen molar-refractivity contribution in [3.8, 4) is 0 Å². The Kier molecular flexibility index (Phi) is 4.72. The van der Waals surface area contributed by atoms with Crippen molar-refractivity contribution in [2.75, 3.05) is 6.61 Å². The highest BCUT2D eigenvalue weighted by molar-refractivity contribution is 9.11. The zero-order valence-corrected chi connectivity index (χ0v) is 11.3. The minimum Gasteiger partial charge on any atom is -0.395 e. The molecule has 4 nitrogen and oxygen atoms in total. The number of nitrogens with one attached hydrogen (secondary N) is 1. The summed E-state index contributed by atoms with van der Waals surface area (Å²) in [6.45, 7) is 1.62. The van der Waals surface area contributed by atoms with Crippen molar-refractivity contribution in [1.82, 2.24) is 4.72 Å². The van der Waals surface area contributed by atoms with E-state index in [4.69, 9.17) is 5.11 Å². The summed E-state index contributed by atoms with van der Waals surface area (Å²) in [6, 6.07) is 2.79. The topological polar surface area (TPSA) is 66.4 Å². The van der Waals surface area contributed by atoms with E-state index < -0.39 is 16.1 Å². The van der Waals surface area contributed by atoms with Gasteiger partial charge in [-0.15, -0.1) is 11.3 Å². The van der Waals surface area contributed by atoms with Crippen LogP contribution in [0.25, 0.3) is 0 Å². The van der Waals surface area contributed by atoms with E-state index in [0.29, 0.717) is 6.42 Å². The number of rotatable bonds is 5. The lowest BCUT2D eigenvalue weighted by atomic mass is 10.3. The molecular formula is C8H12BrNO3S2. The Labute approximate surface area is 102 Å². The number of hydrogen-bond donors (Lipinski definition) is 2. The van der Waals surface area contributed by atoms with Crippen LogP contribution in [-0.2, 0) is 10.0 Å². The van der Waals surface area contributed by atoms with Gasteiger partial charge in [-0.3, -0.25) is 0 Å². The molecule has 1 aromatic rings. The fraction of sp³-hybridized carbons (Fsp3) is 0.500. The van der Waals surface area contributed by atoms with Crippen LogP contribution in [0.15, 0.2) is 20.1 Å². The molecule has 0 radical (unpaired) electrons. The number of aliphatic hydroxyl groups is 1. The van der Waals surface area contributed by atoms with Crippen LogP contribution in [0.2, 0.25) is 0 Å². The SMILES string of the molecule is CCC(CO)NS(=O)(=O)c1ccc(Br)s1. The third-order valence-electron chi connectivity index (χ3n) is 1.85. The fourth-order valence-electron chi connectivity index (χ4n) is 0.969. The van der Waals surface area contributed by atoms with Crippen LogP contribution in [0.1, 0.15) is 13.3 Å². The molecule has 1 heterocycles.